The maximum Gasteiger partial charge on any atom is 0.0651 e. The van der Waals surface area contributed by atoms with E-state index >= 15 is 0 Å². The van der Waals surface area contributed by atoms with Crippen molar-refractivity contribution < 1.29 is 4.74 Å². The van der Waals surface area contributed by atoms with Crippen LogP contribution in [0.3, 0.4) is 0 Å². The highest BCUT2D eigenvalue weighted by Gasteiger charge is 2.20. The maximum absolute atomic E-state index is 5.40. The molecule has 18 heavy (non-hydrogen) atoms. The summed E-state index contributed by atoms with van der Waals surface area (Å²) < 4.78 is 5.40. The van der Waals surface area contributed by atoms with Gasteiger partial charge in [0.25, 0.3) is 0 Å². The Balaban J connectivity index is 1.65. The number of aromatic amines is 1. The first-order valence-electron chi connectivity index (χ1n) is 6.57. The Kier molecular flexibility index (Phi) is 3.19. The van der Waals surface area contributed by atoms with Crippen molar-refractivity contribution in [1.82, 2.24) is 10.2 Å². The van der Waals surface area contributed by atoms with Gasteiger partial charge in [-0.25, -0.2) is 0 Å². The molecule has 3 rings (SSSR count). The highest BCUT2D eigenvalue weighted by Crippen LogP contribution is 2.25. The average Bonchev–Trinajstić information content (AvgIpc) is 2.87. The van der Waals surface area contributed by atoms with Gasteiger partial charge in [-0.1, -0.05) is 0 Å². The number of benzene rings is 1. The van der Waals surface area contributed by atoms with Gasteiger partial charge in [0.2, 0.25) is 0 Å². The molecular weight excluding hydrogens is 226 g/mol. The zero-order valence-corrected chi connectivity index (χ0v) is 10.6. The molecule has 0 unspecified atom stereocenters. The highest BCUT2D eigenvalue weighted by molar-refractivity contribution is 5.81. The number of nitrogens with one attached hydrogen (secondary N) is 2. The summed E-state index contributed by atoms with van der Waals surface area (Å²) in [6, 6.07) is 6.91. The molecule has 4 nitrogen and oxygen atoms in total. The van der Waals surface area contributed by atoms with E-state index in [1.165, 1.54) is 18.5 Å². The molecule has 0 aliphatic heterocycles. The van der Waals surface area contributed by atoms with Crippen molar-refractivity contribution in [3.8, 4) is 0 Å². The van der Waals surface area contributed by atoms with Crippen LogP contribution in [0.5, 0.6) is 0 Å². The normalized spacial score (nSPS) is 24.3. The lowest BCUT2D eigenvalue weighted by molar-refractivity contribution is 0.0682. The lowest BCUT2D eigenvalue weighted by Gasteiger charge is -2.28. The third-order valence-electron chi connectivity index (χ3n) is 3.82. The number of anilines is 1. The number of H-pyrrole nitrogens is 1. The third kappa shape index (κ3) is 2.34. The minimum Gasteiger partial charge on any atom is -0.382 e. The molecule has 1 aromatic carbocycles. The van der Waals surface area contributed by atoms with Crippen LogP contribution in [0, 0.1) is 0 Å². The van der Waals surface area contributed by atoms with Crippen molar-refractivity contribution >= 4 is 16.6 Å². The Morgan fingerprint density at radius 3 is 2.89 bits per heavy atom. The van der Waals surface area contributed by atoms with Crippen molar-refractivity contribution in [2.24, 2.45) is 0 Å². The molecule has 4 heteroatoms. The fraction of sp³-hybridized carbons (Fsp3) is 0.500. The van der Waals surface area contributed by atoms with Crippen LogP contribution in [0.25, 0.3) is 10.9 Å². The van der Waals surface area contributed by atoms with Crippen LogP contribution in [-0.4, -0.2) is 29.5 Å². The maximum atomic E-state index is 5.40. The fourth-order valence-electron chi connectivity index (χ4n) is 2.71. The van der Waals surface area contributed by atoms with E-state index in [4.69, 9.17) is 4.74 Å². The van der Waals surface area contributed by atoms with Gasteiger partial charge >= 0.3 is 0 Å². The number of hydrogen-bond donors (Lipinski definition) is 2. The number of ether oxygens (including phenoxy) is 1. The molecule has 1 fully saturated rings. The number of methoxy groups -OCH3 is 1. The van der Waals surface area contributed by atoms with Gasteiger partial charge < -0.3 is 10.1 Å². The predicted octanol–water partition coefficient (Wildman–Crippen LogP) is 2.93. The summed E-state index contributed by atoms with van der Waals surface area (Å²) >= 11 is 0. The van der Waals surface area contributed by atoms with Gasteiger partial charge in [-0.3, -0.25) is 5.10 Å². The summed E-state index contributed by atoms with van der Waals surface area (Å²) in [7, 11) is 1.81. The quantitative estimate of drug-likeness (QED) is 0.874. The number of nitrogens with zero attached hydrogens (tertiary/aromatic N) is 1. The van der Waals surface area contributed by atoms with Gasteiger partial charge in [0.05, 0.1) is 17.8 Å². The molecule has 0 bridgehead atoms. The van der Waals surface area contributed by atoms with E-state index in [1.54, 1.807) is 0 Å². The minimum atomic E-state index is 0.458. The molecule has 0 radical (unpaired) electrons. The number of rotatable bonds is 3. The Labute approximate surface area is 107 Å². The molecule has 96 valence electrons. The van der Waals surface area contributed by atoms with Gasteiger partial charge in [0, 0.05) is 24.2 Å². The topological polar surface area (TPSA) is 49.9 Å². The monoisotopic (exact) mass is 245 g/mol. The summed E-state index contributed by atoms with van der Waals surface area (Å²) in [5.74, 6) is 0. The molecule has 1 aliphatic carbocycles. The van der Waals surface area contributed by atoms with Crippen LogP contribution in [0.1, 0.15) is 25.7 Å². The Morgan fingerprint density at radius 1 is 1.28 bits per heavy atom. The van der Waals surface area contributed by atoms with E-state index in [9.17, 15) is 0 Å². The van der Waals surface area contributed by atoms with E-state index in [0.29, 0.717) is 12.1 Å². The van der Waals surface area contributed by atoms with Crippen molar-refractivity contribution in [2.45, 2.75) is 37.8 Å². The van der Waals surface area contributed by atoms with Crippen LogP contribution in [-0.2, 0) is 4.74 Å². The molecule has 0 amide bonds. The summed E-state index contributed by atoms with van der Waals surface area (Å²) in [6.45, 7) is 0. The molecule has 1 aliphatic rings. The smallest absolute Gasteiger partial charge is 0.0651 e. The molecule has 2 aromatic rings. The first-order valence-corrected chi connectivity index (χ1v) is 6.57. The predicted molar refractivity (Wildman–Crippen MR) is 72.8 cm³/mol. The average molecular weight is 245 g/mol. The van der Waals surface area contributed by atoms with E-state index in [2.05, 4.69) is 33.7 Å². The van der Waals surface area contributed by atoms with Gasteiger partial charge in [-0.15, -0.1) is 0 Å². The van der Waals surface area contributed by atoms with Crippen molar-refractivity contribution in [2.75, 3.05) is 12.4 Å². The Morgan fingerprint density at radius 2 is 2.11 bits per heavy atom. The zero-order chi connectivity index (χ0) is 12.4. The second-order valence-electron chi connectivity index (χ2n) is 5.03. The number of hydrogen-bond acceptors (Lipinski definition) is 3. The summed E-state index contributed by atoms with van der Waals surface area (Å²) in [4.78, 5) is 0. The fourth-order valence-corrected chi connectivity index (χ4v) is 2.71. The van der Waals surface area contributed by atoms with Gasteiger partial charge in [-0.2, -0.15) is 5.10 Å². The first-order chi connectivity index (χ1) is 8.85. The second kappa shape index (κ2) is 4.98. The van der Waals surface area contributed by atoms with Gasteiger partial charge in [-0.05, 0) is 43.9 Å². The number of fused-ring (bicyclic) bond motifs is 1. The minimum absolute atomic E-state index is 0.458. The Bertz CT molecular complexity index is 514. The standard InChI is InChI=1S/C14H19N3O/c1-18-13-5-2-11(3-6-13)16-12-4-7-14-10(8-12)9-15-17-14/h4,7-9,11,13,16H,2-3,5-6H2,1H3,(H,15,17). The highest BCUT2D eigenvalue weighted by atomic mass is 16.5. The lowest BCUT2D eigenvalue weighted by Crippen LogP contribution is -2.29. The van der Waals surface area contributed by atoms with Crippen LogP contribution in [0.2, 0.25) is 0 Å². The van der Waals surface area contributed by atoms with Crippen LogP contribution in [0.15, 0.2) is 24.4 Å². The van der Waals surface area contributed by atoms with Crippen LogP contribution < -0.4 is 5.32 Å². The van der Waals surface area contributed by atoms with Gasteiger partial charge in [0.15, 0.2) is 0 Å². The van der Waals surface area contributed by atoms with E-state index in [1.807, 2.05) is 13.3 Å². The molecule has 1 heterocycles. The van der Waals surface area contributed by atoms with Crippen molar-refractivity contribution in [1.29, 1.82) is 0 Å². The van der Waals surface area contributed by atoms with Gasteiger partial charge in [0.1, 0.15) is 0 Å². The molecular formula is C14H19N3O. The van der Waals surface area contributed by atoms with E-state index < -0.39 is 0 Å². The van der Waals surface area contributed by atoms with Crippen LogP contribution >= 0.6 is 0 Å². The zero-order valence-electron chi connectivity index (χ0n) is 10.6. The summed E-state index contributed by atoms with van der Waals surface area (Å²) in [5, 5.41) is 11.8. The molecule has 2 N–H and O–H groups in total. The van der Waals surface area contributed by atoms with Crippen molar-refractivity contribution in [3.63, 3.8) is 0 Å². The largest absolute Gasteiger partial charge is 0.382 e. The molecule has 0 spiro atoms. The molecule has 0 saturated heterocycles. The summed E-state index contributed by atoms with van der Waals surface area (Å²) in [6.07, 6.45) is 7.00. The number of aromatic nitrogens is 2. The molecule has 0 atom stereocenters. The molecule has 1 aromatic heterocycles. The second-order valence-corrected chi connectivity index (χ2v) is 5.03. The molecule has 1 saturated carbocycles. The van der Waals surface area contributed by atoms with Crippen LogP contribution in [0.4, 0.5) is 5.69 Å². The van der Waals surface area contributed by atoms with E-state index in [-0.39, 0.29) is 0 Å². The first kappa shape index (κ1) is 11.5. The van der Waals surface area contributed by atoms with Crippen molar-refractivity contribution in [3.05, 3.63) is 24.4 Å². The third-order valence-corrected chi connectivity index (χ3v) is 3.82. The SMILES string of the molecule is COC1CCC(Nc2ccc3[nH]ncc3c2)CC1. The lowest BCUT2D eigenvalue weighted by atomic mass is 9.93. The summed E-state index contributed by atoms with van der Waals surface area (Å²) in [5.41, 5.74) is 2.27. The van der Waals surface area contributed by atoms with E-state index in [0.717, 1.165) is 23.7 Å². The Hall–Kier alpha value is -1.55.